The quantitative estimate of drug-likeness (QED) is 0.494. The van der Waals surface area contributed by atoms with E-state index < -0.39 is 0 Å². The standard InChI is InChI=1S/C22H34FN3O2/c1-24-20(25-15-21(11-13-27)12-14-28-17-21)26-16-22(9-3-2-4-10-22)18-5-7-19(23)8-6-18/h5-8,27H,2-4,9-17H2,1H3,(H2,24,25,26). The summed E-state index contributed by atoms with van der Waals surface area (Å²) in [5.74, 6) is 0.587. The van der Waals surface area contributed by atoms with E-state index >= 15 is 0 Å². The summed E-state index contributed by atoms with van der Waals surface area (Å²) in [5.41, 5.74) is 1.20. The number of hydrogen-bond donors (Lipinski definition) is 3. The lowest BCUT2D eigenvalue weighted by Gasteiger charge is -2.38. The molecule has 0 aromatic heterocycles. The lowest BCUT2D eigenvalue weighted by atomic mass is 9.69. The Hall–Kier alpha value is -1.66. The molecule has 3 rings (SSSR count). The number of benzene rings is 1. The maximum atomic E-state index is 13.4. The van der Waals surface area contributed by atoms with Gasteiger partial charge in [0.05, 0.1) is 6.61 Å². The molecule has 1 saturated carbocycles. The van der Waals surface area contributed by atoms with Crippen LogP contribution in [0.3, 0.4) is 0 Å². The second kappa shape index (κ2) is 9.70. The van der Waals surface area contributed by atoms with Gasteiger partial charge in [0.1, 0.15) is 5.82 Å². The van der Waals surface area contributed by atoms with Crippen molar-refractivity contribution in [2.45, 2.75) is 50.4 Å². The second-order valence-electron chi connectivity index (χ2n) is 8.40. The molecular weight excluding hydrogens is 357 g/mol. The van der Waals surface area contributed by atoms with Gasteiger partial charge in [-0.25, -0.2) is 4.39 Å². The number of aliphatic hydroxyl groups excluding tert-OH is 1. The molecule has 3 N–H and O–H groups in total. The van der Waals surface area contributed by atoms with Crippen LogP contribution in [-0.2, 0) is 10.2 Å². The fourth-order valence-corrected chi connectivity index (χ4v) is 4.66. The fraction of sp³-hybridized carbons (Fsp3) is 0.682. The Morgan fingerprint density at radius 3 is 2.43 bits per heavy atom. The number of nitrogens with one attached hydrogen (secondary N) is 2. The van der Waals surface area contributed by atoms with E-state index in [1.54, 1.807) is 19.2 Å². The van der Waals surface area contributed by atoms with Crippen LogP contribution in [0.2, 0.25) is 0 Å². The number of nitrogens with zero attached hydrogens (tertiary/aromatic N) is 1. The van der Waals surface area contributed by atoms with Crippen LogP contribution in [0.4, 0.5) is 4.39 Å². The SMILES string of the molecule is CN=C(NCC1(CCO)CCOC1)NCC1(c2ccc(F)cc2)CCCCC1. The highest BCUT2D eigenvalue weighted by Gasteiger charge is 2.36. The summed E-state index contributed by atoms with van der Waals surface area (Å²) in [6.07, 6.45) is 7.55. The van der Waals surface area contributed by atoms with E-state index in [2.05, 4.69) is 15.6 Å². The zero-order valence-corrected chi connectivity index (χ0v) is 17.0. The van der Waals surface area contributed by atoms with Gasteiger partial charge in [0, 0.05) is 44.2 Å². The molecule has 1 aliphatic heterocycles. The third kappa shape index (κ3) is 5.03. The molecule has 0 bridgehead atoms. The van der Waals surface area contributed by atoms with Gasteiger partial charge < -0.3 is 20.5 Å². The second-order valence-corrected chi connectivity index (χ2v) is 8.40. The van der Waals surface area contributed by atoms with Crippen molar-refractivity contribution in [3.05, 3.63) is 35.6 Å². The Morgan fingerprint density at radius 1 is 1.11 bits per heavy atom. The van der Waals surface area contributed by atoms with E-state index in [4.69, 9.17) is 4.74 Å². The Kier molecular flexibility index (Phi) is 7.30. The van der Waals surface area contributed by atoms with Crippen LogP contribution in [0.5, 0.6) is 0 Å². The van der Waals surface area contributed by atoms with Gasteiger partial charge in [-0.15, -0.1) is 0 Å². The van der Waals surface area contributed by atoms with Crippen molar-refractivity contribution in [3.8, 4) is 0 Å². The lowest BCUT2D eigenvalue weighted by molar-refractivity contribution is 0.127. The highest BCUT2D eigenvalue weighted by molar-refractivity contribution is 5.79. The van der Waals surface area contributed by atoms with Crippen LogP contribution in [0.15, 0.2) is 29.3 Å². The van der Waals surface area contributed by atoms with Crippen molar-refractivity contribution in [2.24, 2.45) is 10.4 Å². The summed E-state index contributed by atoms with van der Waals surface area (Å²) < 4.78 is 19.0. The van der Waals surface area contributed by atoms with Gasteiger partial charge in [0.15, 0.2) is 5.96 Å². The number of rotatable bonds is 7. The molecule has 5 nitrogen and oxygen atoms in total. The molecule has 0 amide bonds. The first-order valence-electron chi connectivity index (χ1n) is 10.5. The van der Waals surface area contributed by atoms with Crippen LogP contribution >= 0.6 is 0 Å². The smallest absolute Gasteiger partial charge is 0.191 e. The third-order valence-electron chi connectivity index (χ3n) is 6.54. The molecule has 28 heavy (non-hydrogen) atoms. The molecule has 1 aromatic carbocycles. The number of ether oxygens (including phenoxy) is 1. The molecular formula is C22H34FN3O2. The number of aliphatic hydroxyl groups is 1. The Balaban J connectivity index is 1.63. The molecule has 1 saturated heterocycles. The van der Waals surface area contributed by atoms with E-state index in [1.807, 2.05) is 12.1 Å². The van der Waals surface area contributed by atoms with Gasteiger partial charge in [-0.3, -0.25) is 4.99 Å². The summed E-state index contributed by atoms with van der Waals surface area (Å²) >= 11 is 0. The van der Waals surface area contributed by atoms with Crippen molar-refractivity contribution >= 4 is 5.96 Å². The maximum Gasteiger partial charge on any atom is 0.191 e. The minimum atomic E-state index is -0.187. The average Bonchev–Trinajstić information content (AvgIpc) is 3.18. The molecule has 1 aromatic rings. The molecule has 2 fully saturated rings. The summed E-state index contributed by atoms with van der Waals surface area (Å²) in [7, 11) is 1.78. The van der Waals surface area contributed by atoms with Gasteiger partial charge in [-0.1, -0.05) is 31.4 Å². The topological polar surface area (TPSA) is 65.9 Å². The van der Waals surface area contributed by atoms with Crippen molar-refractivity contribution in [1.82, 2.24) is 10.6 Å². The van der Waals surface area contributed by atoms with Crippen LogP contribution < -0.4 is 10.6 Å². The third-order valence-corrected chi connectivity index (χ3v) is 6.54. The average molecular weight is 392 g/mol. The largest absolute Gasteiger partial charge is 0.396 e. The summed E-state index contributed by atoms with van der Waals surface area (Å²) in [6, 6.07) is 7.00. The molecule has 156 valence electrons. The van der Waals surface area contributed by atoms with Gasteiger partial charge in [0.25, 0.3) is 0 Å². The highest BCUT2D eigenvalue weighted by atomic mass is 19.1. The molecule has 1 aliphatic carbocycles. The summed E-state index contributed by atoms with van der Waals surface area (Å²) in [4.78, 5) is 4.39. The van der Waals surface area contributed by atoms with E-state index in [1.165, 1.54) is 24.8 Å². The number of hydrogen-bond acceptors (Lipinski definition) is 3. The lowest BCUT2D eigenvalue weighted by Crippen LogP contribution is -2.49. The van der Waals surface area contributed by atoms with Crippen molar-refractivity contribution in [3.63, 3.8) is 0 Å². The molecule has 6 heteroatoms. The Morgan fingerprint density at radius 2 is 1.82 bits per heavy atom. The van der Waals surface area contributed by atoms with E-state index in [-0.39, 0.29) is 23.3 Å². The zero-order valence-electron chi connectivity index (χ0n) is 17.0. The van der Waals surface area contributed by atoms with Crippen molar-refractivity contribution in [2.75, 3.05) is 40.0 Å². The van der Waals surface area contributed by atoms with E-state index in [0.29, 0.717) is 6.61 Å². The summed E-state index contributed by atoms with van der Waals surface area (Å²) in [6.45, 7) is 3.11. The minimum Gasteiger partial charge on any atom is -0.396 e. The number of guanidine groups is 1. The highest BCUT2D eigenvalue weighted by Crippen LogP contribution is 2.39. The summed E-state index contributed by atoms with van der Waals surface area (Å²) in [5, 5.41) is 16.4. The van der Waals surface area contributed by atoms with Gasteiger partial charge in [0.2, 0.25) is 0 Å². The first-order chi connectivity index (χ1) is 13.6. The monoisotopic (exact) mass is 391 g/mol. The van der Waals surface area contributed by atoms with Crippen LogP contribution in [0.25, 0.3) is 0 Å². The van der Waals surface area contributed by atoms with Crippen LogP contribution in [-0.4, -0.2) is 51.0 Å². The molecule has 1 atom stereocenters. The fourth-order valence-electron chi connectivity index (χ4n) is 4.66. The van der Waals surface area contributed by atoms with E-state index in [0.717, 1.165) is 51.3 Å². The molecule has 1 heterocycles. The zero-order chi connectivity index (χ0) is 19.9. The first-order valence-corrected chi connectivity index (χ1v) is 10.5. The molecule has 0 spiro atoms. The Labute approximate surface area is 167 Å². The molecule has 2 aliphatic rings. The van der Waals surface area contributed by atoms with Gasteiger partial charge >= 0.3 is 0 Å². The van der Waals surface area contributed by atoms with Gasteiger partial charge in [-0.05, 0) is 43.4 Å². The van der Waals surface area contributed by atoms with E-state index in [9.17, 15) is 9.50 Å². The normalized spacial score (nSPS) is 24.9. The number of halogens is 1. The van der Waals surface area contributed by atoms with Gasteiger partial charge in [-0.2, -0.15) is 0 Å². The predicted molar refractivity (Wildman–Crippen MR) is 110 cm³/mol. The van der Waals surface area contributed by atoms with Crippen molar-refractivity contribution in [1.29, 1.82) is 0 Å². The number of aliphatic imine (C=N–C) groups is 1. The van der Waals surface area contributed by atoms with Crippen LogP contribution in [0, 0.1) is 11.2 Å². The predicted octanol–water partition coefficient (Wildman–Crippen LogP) is 2.98. The minimum absolute atomic E-state index is 0.0167. The first kappa shape index (κ1) is 21.1. The molecule has 0 radical (unpaired) electrons. The van der Waals surface area contributed by atoms with Crippen LogP contribution in [0.1, 0.15) is 50.5 Å². The molecule has 1 unspecified atom stereocenters. The van der Waals surface area contributed by atoms with Crippen molar-refractivity contribution < 1.29 is 14.2 Å². The maximum absolute atomic E-state index is 13.4. The Bertz CT molecular complexity index is 636.